The summed E-state index contributed by atoms with van der Waals surface area (Å²) in [6.07, 6.45) is 0. The van der Waals surface area contributed by atoms with E-state index in [9.17, 15) is 9.18 Å². The molecular formula is C18H13Cl2FN4O. The predicted molar refractivity (Wildman–Crippen MR) is 101 cm³/mol. The van der Waals surface area contributed by atoms with Crippen LogP contribution in [0.4, 0.5) is 21.6 Å². The fourth-order valence-corrected chi connectivity index (χ4v) is 2.78. The molecule has 8 heteroatoms. The molecule has 0 saturated carbocycles. The van der Waals surface area contributed by atoms with Crippen molar-refractivity contribution < 1.29 is 9.18 Å². The number of aromatic nitrogens is 2. The zero-order chi connectivity index (χ0) is 18.7. The van der Waals surface area contributed by atoms with Crippen LogP contribution in [0.25, 0.3) is 0 Å². The Morgan fingerprint density at radius 2 is 1.62 bits per heavy atom. The molecule has 2 N–H and O–H groups in total. The number of amides is 1. The molecule has 0 bridgehead atoms. The SMILES string of the molecule is Cc1nc(Nc2ccc(F)cc2)cc(C(=O)Nc2cc(Cl)cc(Cl)c2)n1. The van der Waals surface area contributed by atoms with E-state index in [4.69, 9.17) is 23.2 Å². The van der Waals surface area contributed by atoms with E-state index in [1.807, 2.05) is 0 Å². The fraction of sp³-hybridized carbons (Fsp3) is 0.0556. The number of halogens is 3. The Labute approximate surface area is 159 Å². The maximum atomic E-state index is 13.0. The van der Waals surface area contributed by atoms with Crippen LogP contribution < -0.4 is 10.6 Å². The third-order valence-electron chi connectivity index (χ3n) is 3.31. The van der Waals surface area contributed by atoms with Crippen LogP contribution in [0.1, 0.15) is 16.3 Å². The number of anilines is 3. The van der Waals surface area contributed by atoms with E-state index in [2.05, 4.69) is 20.6 Å². The Hall–Kier alpha value is -2.70. The summed E-state index contributed by atoms with van der Waals surface area (Å²) in [6.45, 7) is 1.67. The molecule has 1 heterocycles. The lowest BCUT2D eigenvalue weighted by atomic mass is 10.2. The smallest absolute Gasteiger partial charge is 0.274 e. The molecule has 1 aromatic heterocycles. The number of hydrogen-bond acceptors (Lipinski definition) is 4. The summed E-state index contributed by atoms with van der Waals surface area (Å²) in [5, 5.41) is 6.51. The van der Waals surface area contributed by atoms with Crippen LogP contribution in [-0.4, -0.2) is 15.9 Å². The highest BCUT2D eigenvalue weighted by molar-refractivity contribution is 6.35. The van der Waals surface area contributed by atoms with Crippen molar-refractivity contribution in [1.82, 2.24) is 9.97 Å². The van der Waals surface area contributed by atoms with E-state index in [-0.39, 0.29) is 11.5 Å². The highest BCUT2D eigenvalue weighted by Gasteiger charge is 2.12. The molecule has 0 unspecified atom stereocenters. The maximum absolute atomic E-state index is 13.0. The average Bonchev–Trinajstić information content (AvgIpc) is 2.55. The van der Waals surface area contributed by atoms with Gasteiger partial charge in [0.1, 0.15) is 23.2 Å². The molecule has 0 spiro atoms. The maximum Gasteiger partial charge on any atom is 0.274 e. The highest BCUT2D eigenvalue weighted by atomic mass is 35.5. The van der Waals surface area contributed by atoms with Gasteiger partial charge < -0.3 is 10.6 Å². The van der Waals surface area contributed by atoms with Crippen molar-refractivity contribution in [1.29, 1.82) is 0 Å². The predicted octanol–water partition coefficient (Wildman–Crippen LogP) is 5.23. The van der Waals surface area contributed by atoms with E-state index >= 15 is 0 Å². The van der Waals surface area contributed by atoms with Gasteiger partial charge in [-0.15, -0.1) is 0 Å². The molecule has 0 fully saturated rings. The normalized spacial score (nSPS) is 10.5. The Balaban J connectivity index is 1.82. The van der Waals surface area contributed by atoms with Crippen LogP contribution in [0.3, 0.4) is 0 Å². The lowest BCUT2D eigenvalue weighted by molar-refractivity contribution is 0.102. The first-order valence-electron chi connectivity index (χ1n) is 7.55. The molecule has 0 radical (unpaired) electrons. The third-order valence-corrected chi connectivity index (χ3v) is 3.74. The topological polar surface area (TPSA) is 66.9 Å². The average molecular weight is 391 g/mol. The summed E-state index contributed by atoms with van der Waals surface area (Å²) in [6, 6.07) is 12.0. The van der Waals surface area contributed by atoms with Gasteiger partial charge in [-0.05, 0) is 49.4 Å². The van der Waals surface area contributed by atoms with Gasteiger partial charge in [0.2, 0.25) is 0 Å². The zero-order valence-electron chi connectivity index (χ0n) is 13.6. The first kappa shape index (κ1) is 18.1. The summed E-state index contributed by atoms with van der Waals surface area (Å²) < 4.78 is 13.0. The van der Waals surface area contributed by atoms with Gasteiger partial charge in [0.05, 0.1) is 0 Å². The van der Waals surface area contributed by atoms with Crippen LogP contribution in [0.2, 0.25) is 10.0 Å². The number of aryl methyl sites for hydroxylation is 1. The quantitative estimate of drug-likeness (QED) is 0.640. The molecule has 0 atom stereocenters. The van der Waals surface area contributed by atoms with Crippen molar-refractivity contribution in [3.8, 4) is 0 Å². The summed E-state index contributed by atoms with van der Waals surface area (Å²) in [7, 11) is 0. The van der Waals surface area contributed by atoms with Gasteiger partial charge in [0.15, 0.2) is 0 Å². The number of benzene rings is 2. The number of carbonyl (C=O) groups excluding carboxylic acids is 1. The molecule has 0 aliphatic rings. The third kappa shape index (κ3) is 4.68. The number of carbonyl (C=O) groups is 1. The second-order valence-corrected chi connectivity index (χ2v) is 6.30. The van der Waals surface area contributed by atoms with Gasteiger partial charge in [-0.3, -0.25) is 4.79 Å². The number of nitrogens with one attached hydrogen (secondary N) is 2. The van der Waals surface area contributed by atoms with Crippen LogP contribution in [-0.2, 0) is 0 Å². The van der Waals surface area contributed by atoms with Crippen molar-refractivity contribution in [2.45, 2.75) is 6.92 Å². The lowest BCUT2D eigenvalue weighted by Crippen LogP contribution is -2.15. The largest absolute Gasteiger partial charge is 0.340 e. The molecule has 0 aliphatic heterocycles. The molecule has 3 aromatic rings. The minimum Gasteiger partial charge on any atom is -0.340 e. The van der Waals surface area contributed by atoms with Gasteiger partial charge in [0, 0.05) is 27.5 Å². The first-order valence-corrected chi connectivity index (χ1v) is 8.30. The van der Waals surface area contributed by atoms with Crippen molar-refractivity contribution in [3.05, 3.63) is 75.9 Å². The molecule has 0 saturated heterocycles. The number of hydrogen-bond donors (Lipinski definition) is 2. The minimum absolute atomic E-state index is 0.165. The Morgan fingerprint density at radius 3 is 2.27 bits per heavy atom. The molecule has 3 rings (SSSR count). The molecule has 2 aromatic carbocycles. The van der Waals surface area contributed by atoms with E-state index in [1.165, 1.54) is 18.2 Å². The van der Waals surface area contributed by atoms with Crippen molar-refractivity contribution in [2.75, 3.05) is 10.6 Å². The van der Waals surface area contributed by atoms with Gasteiger partial charge >= 0.3 is 0 Å². The van der Waals surface area contributed by atoms with E-state index in [0.717, 1.165) is 0 Å². The van der Waals surface area contributed by atoms with Gasteiger partial charge in [0.25, 0.3) is 5.91 Å². The Morgan fingerprint density at radius 1 is 0.962 bits per heavy atom. The number of rotatable bonds is 4. The van der Waals surface area contributed by atoms with Crippen LogP contribution in [0, 0.1) is 12.7 Å². The molecule has 132 valence electrons. The second kappa shape index (κ2) is 7.68. The van der Waals surface area contributed by atoms with Crippen LogP contribution in [0.15, 0.2) is 48.5 Å². The highest BCUT2D eigenvalue weighted by Crippen LogP contribution is 2.23. The Kier molecular flexibility index (Phi) is 5.35. The van der Waals surface area contributed by atoms with Crippen LogP contribution >= 0.6 is 23.2 Å². The lowest BCUT2D eigenvalue weighted by Gasteiger charge is -2.10. The molecule has 0 aliphatic carbocycles. The van der Waals surface area contributed by atoms with Crippen molar-refractivity contribution in [3.63, 3.8) is 0 Å². The summed E-state index contributed by atoms with van der Waals surface area (Å²) >= 11 is 11.9. The van der Waals surface area contributed by atoms with Crippen molar-refractivity contribution in [2.24, 2.45) is 0 Å². The fourth-order valence-electron chi connectivity index (χ4n) is 2.25. The summed E-state index contributed by atoms with van der Waals surface area (Å²) in [5.41, 5.74) is 1.26. The van der Waals surface area contributed by atoms with Gasteiger partial charge in [-0.1, -0.05) is 23.2 Å². The number of nitrogens with zero attached hydrogens (tertiary/aromatic N) is 2. The Bertz CT molecular complexity index is 944. The molecule has 5 nitrogen and oxygen atoms in total. The summed E-state index contributed by atoms with van der Waals surface area (Å²) in [5.74, 6) is 0.0513. The van der Waals surface area contributed by atoms with E-state index in [0.29, 0.717) is 33.1 Å². The standard InChI is InChI=1S/C18H13Cl2FN4O/c1-10-22-16(18(26)25-15-7-11(19)6-12(20)8-15)9-17(23-10)24-14-4-2-13(21)3-5-14/h2-9H,1H3,(H,25,26)(H,22,23,24). The first-order chi connectivity index (χ1) is 12.4. The second-order valence-electron chi connectivity index (χ2n) is 5.43. The van der Waals surface area contributed by atoms with Gasteiger partial charge in [-0.2, -0.15) is 0 Å². The molecular weight excluding hydrogens is 378 g/mol. The van der Waals surface area contributed by atoms with E-state index < -0.39 is 5.91 Å². The van der Waals surface area contributed by atoms with E-state index in [1.54, 1.807) is 37.3 Å². The van der Waals surface area contributed by atoms with Gasteiger partial charge in [-0.25, -0.2) is 14.4 Å². The zero-order valence-corrected chi connectivity index (χ0v) is 15.1. The monoisotopic (exact) mass is 390 g/mol. The molecule has 1 amide bonds. The van der Waals surface area contributed by atoms with Crippen molar-refractivity contribution >= 4 is 46.3 Å². The molecule has 26 heavy (non-hydrogen) atoms. The summed E-state index contributed by atoms with van der Waals surface area (Å²) in [4.78, 5) is 20.8. The minimum atomic E-state index is -0.434. The van der Waals surface area contributed by atoms with Crippen LogP contribution in [0.5, 0.6) is 0 Å².